The molecule has 0 fully saturated rings. The van der Waals surface area contributed by atoms with E-state index in [1.165, 1.54) is 0 Å². The molecule has 0 N–H and O–H groups in total. The molecule has 1 aliphatic heterocycles. The molecule has 0 aromatic rings. The summed E-state index contributed by atoms with van der Waals surface area (Å²) in [5.74, 6) is 0.0947. The number of likely N-dealkylation sites (N-methyl/N-ethyl adjacent to an activating group) is 1. The Kier molecular flexibility index (Phi) is 2.16. The highest BCUT2D eigenvalue weighted by Crippen LogP contribution is 2.39. The molecule has 0 aromatic carbocycles. The molecule has 0 saturated carbocycles. The van der Waals surface area contributed by atoms with E-state index in [-0.39, 0.29) is 5.91 Å². The SMILES string of the molecule is C=CC1=C(C=C)C(C)(C)C(=O)N1C. The Bertz CT molecular complexity index is 310. The van der Waals surface area contributed by atoms with Gasteiger partial charge in [-0.15, -0.1) is 0 Å². The van der Waals surface area contributed by atoms with Gasteiger partial charge >= 0.3 is 0 Å². The minimum absolute atomic E-state index is 0.0947. The van der Waals surface area contributed by atoms with Gasteiger partial charge in [-0.25, -0.2) is 0 Å². The van der Waals surface area contributed by atoms with Gasteiger partial charge in [0.15, 0.2) is 0 Å². The molecule has 1 amide bonds. The Hall–Kier alpha value is -1.31. The van der Waals surface area contributed by atoms with Crippen molar-refractivity contribution >= 4 is 5.91 Å². The third-order valence-electron chi connectivity index (χ3n) is 2.55. The number of hydrogen-bond acceptors (Lipinski definition) is 1. The Morgan fingerprint density at radius 3 is 2.15 bits per heavy atom. The second kappa shape index (κ2) is 2.87. The van der Waals surface area contributed by atoms with Gasteiger partial charge in [0.05, 0.1) is 5.41 Å². The monoisotopic (exact) mass is 177 g/mol. The molecular formula is C11H15NO. The van der Waals surface area contributed by atoms with Gasteiger partial charge in [-0.3, -0.25) is 4.79 Å². The maximum Gasteiger partial charge on any atom is 0.236 e. The average Bonchev–Trinajstić information content (AvgIpc) is 2.25. The van der Waals surface area contributed by atoms with Gasteiger partial charge in [-0.05, 0) is 25.5 Å². The highest BCUT2D eigenvalue weighted by Gasteiger charge is 2.41. The van der Waals surface area contributed by atoms with Gasteiger partial charge in [0.2, 0.25) is 5.91 Å². The highest BCUT2D eigenvalue weighted by atomic mass is 16.2. The summed E-state index contributed by atoms with van der Waals surface area (Å²) in [4.78, 5) is 13.4. The van der Waals surface area contributed by atoms with Gasteiger partial charge in [0, 0.05) is 12.7 Å². The number of nitrogens with zero attached hydrogens (tertiary/aromatic N) is 1. The second-order valence-corrected chi connectivity index (χ2v) is 3.70. The number of carbonyl (C=O) groups is 1. The largest absolute Gasteiger partial charge is 0.314 e. The third kappa shape index (κ3) is 1.13. The Morgan fingerprint density at radius 2 is 1.85 bits per heavy atom. The first-order valence-corrected chi connectivity index (χ1v) is 4.24. The van der Waals surface area contributed by atoms with Crippen LogP contribution in [0.2, 0.25) is 0 Å². The van der Waals surface area contributed by atoms with Gasteiger partial charge in [0.25, 0.3) is 0 Å². The van der Waals surface area contributed by atoms with Gasteiger partial charge in [-0.1, -0.05) is 19.2 Å². The molecule has 0 aromatic heterocycles. The zero-order valence-corrected chi connectivity index (χ0v) is 8.42. The molecule has 13 heavy (non-hydrogen) atoms. The number of hydrogen-bond donors (Lipinski definition) is 0. The summed E-state index contributed by atoms with van der Waals surface area (Å²) in [5.41, 5.74) is 1.36. The van der Waals surface area contributed by atoms with E-state index < -0.39 is 5.41 Å². The fraction of sp³-hybridized carbons (Fsp3) is 0.364. The lowest BCUT2D eigenvalue weighted by Crippen LogP contribution is -2.30. The van der Waals surface area contributed by atoms with Crippen LogP contribution in [-0.2, 0) is 4.79 Å². The van der Waals surface area contributed by atoms with E-state index in [1.54, 1.807) is 24.1 Å². The molecule has 2 nitrogen and oxygen atoms in total. The predicted molar refractivity (Wildman–Crippen MR) is 54.0 cm³/mol. The van der Waals surface area contributed by atoms with E-state index in [0.717, 1.165) is 11.3 Å². The van der Waals surface area contributed by atoms with E-state index >= 15 is 0 Å². The third-order valence-corrected chi connectivity index (χ3v) is 2.55. The second-order valence-electron chi connectivity index (χ2n) is 3.70. The summed E-state index contributed by atoms with van der Waals surface area (Å²) in [5, 5.41) is 0. The van der Waals surface area contributed by atoms with E-state index in [0.29, 0.717) is 0 Å². The minimum atomic E-state index is -0.458. The number of allylic oxidation sites excluding steroid dienone is 2. The van der Waals surface area contributed by atoms with Crippen LogP contribution in [0.4, 0.5) is 0 Å². The van der Waals surface area contributed by atoms with Crippen molar-refractivity contribution in [3.05, 3.63) is 36.6 Å². The van der Waals surface area contributed by atoms with Crippen molar-refractivity contribution in [3.8, 4) is 0 Å². The molecule has 1 rings (SSSR count). The minimum Gasteiger partial charge on any atom is -0.314 e. The van der Waals surface area contributed by atoms with E-state index in [1.807, 2.05) is 13.8 Å². The van der Waals surface area contributed by atoms with Crippen LogP contribution in [0.1, 0.15) is 13.8 Å². The molecule has 2 heteroatoms. The summed E-state index contributed by atoms with van der Waals surface area (Å²) in [6.45, 7) is 11.2. The van der Waals surface area contributed by atoms with E-state index in [4.69, 9.17) is 0 Å². The number of rotatable bonds is 2. The molecule has 1 aliphatic rings. The van der Waals surface area contributed by atoms with Crippen molar-refractivity contribution in [1.29, 1.82) is 0 Å². The first-order chi connectivity index (χ1) is 5.96. The van der Waals surface area contributed by atoms with Crippen LogP contribution in [0.15, 0.2) is 36.6 Å². The van der Waals surface area contributed by atoms with E-state index in [2.05, 4.69) is 13.2 Å². The summed E-state index contributed by atoms with van der Waals surface area (Å²) >= 11 is 0. The maximum absolute atomic E-state index is 11.8. The maximum atomic E-state index is 11.8. The number of carbonyl (C=O) groups excluding carboxylic acids is 1. The van der Waals surface area contributed by atoms with E-state index in [9.17, 15) is 4.79 Å². The molecule has 70 valence electrons. The fourth-order valence-corrected chi connectivity index (χ4v) is 1.75. The Labute approximate surface area is 79.2 Å². The average molecular weight is 177 g/mol. The molecule has 1 heterocycles. The van der Waals surface area contributed by atoms with Crippen molar-refractivity contribution in [3.63, 3.8) is 0 Å². The van der Waals surface area contributed by atoms with Crippen LogP contribution < -0.4 is 0 Å². The van der Waals surface area contributed by atoms with Crippen LogP contribution in [0.25, 0.3) is 0 Å². The number of amides is 1. The Morgan fingerprint density at radius 1 is 1.31 bits per heavy atom. The summed E-state index contributed by atoms with van der Waals surface area (Å²) in [6.07, 6.45) is 3.43. The summed E-state index contributed by atoms with van der Waals surface area (Å²) in [7, 11) is 1.76. The van der Waals surface area contributed by atoms with Gasteiger partial charge in [0.1, 0.15) is 0 Å². The first-order valence-electron chi connectivity index (χ1n) is 4.24. The molecule has 0 spiro atoms. The molecule has 0 bridgehead atoms. The van der Waals surface area contributed by atoms with Crippen LogP contribution in [0, 0.1) is 5.41 Å². The smallest absolute Gasteiger partial charge is 0.236 e. The molecule has 0 unspecified atom stereocenters. The topological polar surface area (TPSA) is 20.3 Å². The molecular weight excluding hydrogens is 162 g/mol. The standard InChI is InChI=1S/C11H15NO/c1-6-8-9(7-2)12(5)10(13)11(8,3)4/h6-7H,1-2H2,3-5H3. The van der Waals surface area contributed by atoms with Crippen molar-refractivity contribution < 1.29 is 4.79 Å². The Balaban J connectivity index is 3.34. The predicted octanol–water partition coefficient (Wildman–Crippen LogP) is 2.11. The lowest BCUT2D eigenvalue weighted by molar-refractivity contribution is -0.132. The van der Waals surface area contributed by atoms with Crippen molar-refractivity contribution in [2.24, 2.45) is 5.41 Å². The fourth-order valence-electron chi connectivity index (χ4n) is 1.75. The van der Waals surface area contributed by atoms with Crippen LogP contribution in [-0.4, -0.2) is 17.9 Å². The zero-order valence-electron chi connectivity index (χ0n) is 8.42. The first kappa shape index (κ1) is 9.78. The van der Waals surface area contributed by atoms with Crippen LogP contribution in [0.3, 0.4) is 0 Å². The van der Waals surface area contributed by atoms with Crippen molar-refractivity contribution in [2.45, 2.75) is 13.8 Å². The van der Waals surface area contributed by atoms with Gasteiger partial charge in [-0.2, -0.15) is 0 Å². The quantitative estimate of drug-likeness (QED) is 0.632. The molecule has 0 saturated heterocycles. The highest BCUT2D eigenvalue weighted by molar-refractivity contribution is 5.91. The normalized spacial score (nSPS) is 20.8. The lowest BCUT2D eigenvalue weighted by atomic mass is 9.85. The zero-order chi connectivity index (χ0) is 10.2. The summed E-state index contributed by atoms with van der Waals surface area (Å²) in [6, 6.07) is 0. The van der Waals surface area contributed by atoms with Crippen LogP contribution >= 0.6 is 0 Å². The van der Waals surface area contributed by atoms with Crippen molar-refractivity contribution in [2.75, 3.05) is 7.05 Å². The summed E-state index contributed by atoms with van der Waals surface area (Å²) < 4.78 is 0. The van der Waals surface area contributed by atoms with Crippen LogP contribution in [0.5, 0.6) is 0 Å². The van der Waals surface area contributed by atoms with Crippen molar-refractivity contribution in [1.82, 2.24) is 4.90 Å². The molecule has 0 aliphatic carbocycles. The molecule has 0 atom stereocenters. The lowest BCUT2D eigenvalue weighted by Gasteiger charge is -2.18. The van der Waals surface area contributed by atoms with Gasteiger partial charge < -0.3 is 4.90 Å². The molecule has 0 radical (unpaired) electrons.